The zero-order valence-corrected chi connectivity index (χ0v) is 21.1. The fourth-order valence-corrected chi connectivity index (χ4v) is 5.71. The quantitative estimate of drug-likeness (QED) is 0.638. The minimum atomic E-state index is -3.89. The van der Waals surface area contributed by atoms with Gasteiger partial charge in [0, 0.05) is 43.5 Å². The number of carbonyl (C=O) groups excluding carboxylic acids is 1. The van der Waals surface area contributed by atoms with Gasteiger partial charge in [0.25, 0.3) is 0 Å². The van der Waals surface area contributed by atoms with Crippen LogP contribution < -0.4 is 4.74 Å². The Hall–Kier alpha value is -2.08. The Morgan fingerprint density at radius 1 is 1.30 bits per heavy atom. The Balaban J connectivity index is 2.00. The third-order valence-electron chi connectivity index (χ3n) is 6.17. The SMILES string of the molecule is CC(C)CC#Cc1ccc2c(c1)O[C@@H](CN(C)C(=O)C1CC1)[C@@H](C)CN([C@@H](C)CO)S2(=O)=O. The zero-order valence-electron chi connectivity index (χ0n) is 20.2. The second-order valence-electron chi connectivity index (χ2n) is 9.79. The topological polar surface area (TPSA) is 87.2 Å². The summed E-state index contributed by atoms with van der Waals surface area (Å²) in [5.74, 6) is 6.91. The molecule has 1 aliphatic carbocycles. The van der Waals surface area contributed by atoms with Gasteiger partial charge in [-0.1, -0.05) is 32.6 Å². The second-order valence-corrected chi connectivity index (χ2v) is 11.7. The first kappa shape index (κ1) is 25.5. The smallest absolute Gasteiger partial charge is 0.247 e. The highest BCUT2D eigenvalue weighted by Gasteiger charge is 2.39. The van der Waals surface area contributed by atoms with Crippen LogP contribution in [0.3, 0.4) is 0 Å². The number of ether oxygens (including phenoxy) is 1. The van der Waals surface area contributed by atoms with E-state index < -0.39 is 22.2 Å². The van der Waals surface area contributed by atoms with Gasteiger partial charge in [0.1, 0.15) is 16.7 Å². The number of benzene rings is 1. The summed E-state index contributed by atoms with van der Waals surface area (Å²) < 4.78 is 34.7. The van der Waals surface area contributed by atoms with Crippen molar-refractivity contribution in [1.29, 1.82) is 0 Å². The molecule has 1 aromatic rings. The Labute approximate surface area is 198 Å². The molecule has 1 aromatic carbocycles. The Morgan fingerprint density at radius 2 is 2.00 bits per heavy atom. The monoisotopic (exact) mass is 476 g/mol. The first-order chi connectivity index (χ1) is 15.5. The molecule has 1 N–H and O–H groups in total. The van der Waals surface area contributed by atoms with Gasteiger partial charge in [0.05, 0.1) is 13.2 Å². The van der Waals surface area contributed by atoms with E-state index in [4.69, 9.17) is 4.74 Å². The van der Waals surface area contributed by atoms with E-state index in [1.54, 1.807) is 31.0 Å². The van der Waals surface area contributed by atoms with Crippen LogP contribution in [0.5, 0.6) is 5.75 Å². The van der Waals surface area contributed by atoms with Gasteiger partial charge in [-0.2, -0.15) is 4.31 Å². The van der Waals surface area contributed by atoms with Crippen molar-refractivity contribution < 1.29 is 23.1 Å². The molecule has 33 heavy (non-hydrogen) atoms. The molecule has 1 saturated carbocycles. The third kappa shape index (κ3) is 6.08. The number of hydrogen-bond acceptors (Lipinski definition) is 5. The predicted octanol–water partition coefficient (Wildman–Crippen LogP) is 2.72. The minimum absolute atomic E-state index is 0.0604. The maximum Gasteiger partial charge on any atom is 0.247 e. The maximum absolute atomic E-state index is 13.5. The van der Waals surface area contributed by atoms with Crippen molar-refractivity contribution in [3.05, 3.63) is 23.8 Å². The van der Waals surface area contributed by atoms with Gasteiger partial charge >= 0.3 is 0 Å². The van der Waals surface area contributed by atoms with E-state index in [1.165, 1.54) is 10.4 Å². The van der Waals surface area contributed by atoms with Crippen molar-refractivity contribution in [3.63, 3.8) is 0 Å². The summed E-state index contributed by atoms with van der Waals surface area (Å²) in [7, 11) is -2.12. The number of nitrogens with zero attached hydrogens (tertiary/aromatic N) is 2. The molecule has 0 saturated heterocycles. The number of rotatable bonds is 6. The van der Waals surface area contributed by atoms with Crippen LogP contribution in [-0.4, -0.2) is 67.5 Å². The largest absolute Gasteiger partial charge is 0.487 e. The third-order valence-corrected chi connectivity index (χ3v) is 8.19. The van der Waals surface area contributed by atoms with Crippen LogP contribution in [0.1, 0.15) is 52.5 Å². The molecular formula is C25H36N2O5S. The lowest BCUT2D eigenvalue weighted by Gasteiger charge is -2.37. The van der Waals surface area contributed by atoms with Crippen LogP contribution in [-0.2, 0) is 14.8 Å². The number of aliphatic hydroxyl groups is 1. The van der Waals surface area contributed by atoms with Crippen molar-refractivity contribution in [2.45, 2.75) is 64.0 Å². The molecule has 1 amide bonds. The van der Waals surface area contributed by atoms with E-state index in [0.29, 0.717) is 18.0 Å². The summed E-state index contributed by atoms with van der Waals surface area (Å²) in [6.07, 6.45) is 2.18. The van der Waals surface area contributed by atoms with Crippen LogP contribution in [0.2, 0.25) is 0 Å². The molecule has 8 heteroatoms. The first-order valence-electron chi connectivity index (χ1n) is 11.7. The van der Waals surface area contributed by atoms with Gasteiger partial charge in [-0.05, 0) is 43.9 Å². The van der Waals surface area contributed by atoms with Crippen molar-refractivity contribution >= 4 is 15.9 Å². The molecule has 1 fully saturated rings. The van der Waals surface area contributed by atoms with E-state index in [9.17, 15) is 18.3 Å². The Bertz CT molecular complexity index is 1020. The molecule has 0 spiro atoms. The van der Waals surface area contributed by atoms with Gasteiger partial charge in [-0.25, -0.2) is 8.42 Å². The van der Waals surface area contributed by atoms with Crippen LogP contribution >= 0.6 is 0 Å². The molecule has 0 aromatic heterocycles. The molecular weight excluding hydrogens is 440 g/mol. The highest BCUT2D eigenvalue weighted by Crippen LogP contribution is 2.35. The van der Waals surface area contributed by atoms with Crippen LogP contribution in [0, 0.1) is 29.6 Å². The second kappa shape index (κ2) is 10.5. The van der Waals surface area contributed by atoms with E-state index in [-0.39, 0.29) is 41.5 Å². The van der Waals surface area contributed by atoms with E-state index in [0.717, 1.165) is 19.3 Å². The normalized spacial score (nSPS) is 23.4. The van der Waals surface area contributed by atoms with Gasteiger partial charge in [-0.15, -0.1) is 0 Å². The van der Waals surface area contributed by atoms with Crippen LogP contribution in [0.15, 0.2) is 23.1 Å². The van der Waals surface area contributed by atoms with Crippen LogP contribution in [0.25, 0.3) is 0 Å². The average molecular weight is 477 g/mol. The first-order valence-corrected chi connectivity index (χ1v) is 13.2. The predicted molar refractivity (Wildman–Crippen MR) is 127 cm³/mol. The Morgan fingerprint density at radius 3 is 2.61 bits per heavy atom. The molecule has 182 valence electrons. The lowest BCUT2D eigenvalue weighted by Crippen LogP contribution is -2.50. The number of carbonyl (C=O) groups is 1. The molecule has 3 atom stereocenters. The van der Waals surface area contributed by atoms with Gasteiger partial charge in [0.15, 0.2) is 0 Å². The molecule has 1 aliphatic heterocycles. The lowest BCUT2D eigenvalue weighted by atomic mass is 10.0. The number of hydrogen-bond donors (Lipinski definition) is 1. The molecule has 0 bridgehead atoms. The number of sulfonamides is 1. The number of likely N-dealkylation sites (N-methyl/N-ethyl adjacent to an activating group) is 1. The summed E-state index contributed by atoms with van der Waals surface area (Å²) in [6.45, 7) is 8.06. The molecule has 3 rings (SSSR count). The molecule has 7 nitrogen and oxygen atoms in total. The van der Waals surface area contributed by atoms with Crippen molar-refractivity contribution in [3.8, 4) is 17.6 Å². The standard InChI is InChI=1S/C25H36N2O5S/c1-17(2)7-6-8-20-9-12-24-22(13-20)32-23(15-26(5)25(29)21-10-11-21)18(3)14-27(19(4)16-28)33(24,30)31/h9,12-13,17-19,21,23,28H,7,10-11,14-16H2,1-5H3/t18-,19-,23-/m0/s1. The summed E-state index contributed by atoms with van der Waals surface area (Å²) in [6, 6.07) is 4.32. The van der Waals surface area contributed by atoms with Gasteiger partial charge in [0.2, 0.25) is 15.9 Å². The number of fused-ring (bicyclic) bond motifs is 1. The summed E-state index contributed by atoms with van der Waals surface area (Å²) in [5, 5.41) is 9.75. The van der Waals surface area contributed by atoms with Crippen molar-refractivity contribution in [2.75, 3.05) is 26.7 Å². The number of amides is 1. The molecule has 0 radical (unpaired) electrons. The van der Waals surface area contributed by atoms with E-state index >= 15 is 0 Å². The maximum atomic E-state index is 13.5. The van der Waals surface area contributed by atoms with Gasteiger partial charge < -0.3 is 14.7 Å². The Kier molecular flexibility index (Phi) is 8.09. The fraction of sp³-hybridized carbons (Fsp3) is 0.640. The van der Waals surface area contributed by atoms with Crippen molar-refractivity contribution in [2.24, 2.45) is 17.8 Å². The summed E-state index contributed by atoms with van der Waals surface area (Å²) >= 11 is 0. The lowest BCUT2D eigenvalue weighted by molar-refractivity contribution is -0.132. The van der Waals surface area contributed by atoms with Crippen LogP contribution in [0.4, 0.5) is 0 Å². The van der Waals surface area contributed by atoms with Crippen molar-refractivity contribution in [1.82, 2.24) is 9.21 Å². The zero-order chi connectivity index (χ0) is 24.3. The number of aliphatic hydroxyl groups excluding tert-OH is 1. The highest BCUT2D eigenvalue weighted by atomic mass is 32.2. The van der Waals surface area contributed by atoms with E-state index in [1.807, 2.05) is 6.92 Å². The molecule has 2 aliphatic rings. The molecule has 1 heterocycles. The van der Waals surface area contributed by atoms with E-state index in [2.05, 4.69) is 25.7 Å². The molecule has 0 unspecified atom stereocenters. The van der Waals surface area contributed by atoms with Gasteiger partial charge in [-0.3, -0.25) is 4.79 Å². The highest BCUT2D eigenvalue weighted by molar-refractivity contribution is 7.89. The summed E-state index contributed by atoms with van der Waals surface area (Å²) in [4.78, 5) is 14.3. The minimum Gasteiger partial charge on any atom is -0.487 e. The fourth-order valence-electron chi connectivity index (χ4n) is 3.88. The average Bonchev–Trinajstić information content (AvgIpc) is 3.60. The summed E-state index contributed by atoms with van der Waals surface area (Å²) in [5.41, 5.74) is 0.681.